The van der Waals surface area contributed by atoms with Gasteiger partial charge in [0, 0.05) is 0 Å². The van der Waals surface area contributed by atoms with Crippen LogP contribution >= 0.6 is 0 Å². The van der Waals surface area contributed by atoms with Gasteiger partial charge in [-0.25, -0.2) is 4.39 Å². The van der Waals surface area contributed by atoms with Crippen LogP contribution in [-0.2, 0) is 3.79 Å². The summed E-state index contributed by atoms with van der Waals surface area (Å²) in [6, 6.07) is 0. The molecule has 10 heavy (non-hydrogen) atoms. The van der Waals surface area contributed by atoms with Crippen molar-refractivity contribution in [1.29, 1.82) is 0 Å². The van der Waals surface area contributed by atoms with Crippen LogP contribution in [0.4, 0.5) is 4.39 Å². The summed E-state index contributed by atoms with van der Waals surface area (Å²) in [4.78, 5) is 0. The van der Waals surface area contributed by atoms with E-state index in [2.05, 4.69) is 6.92 Å². The SMILES string of the molecule is CC[CH2][Al]1[CH2]CCC(F)[O]1. The molecule has 1 aliphatic rings. The van der Waals surface area contributed by atoms with E-state index in [-0.39, 0.29) is 0 Å². The minimum Gasteiger partial charge on any atom is -0.474 e. The molecule has 1 unspecified atom stereocenters. The zero-order chi connectivity index (χ0) is 7.40. The molecule has 1 saturated heterocycles. The molecule has 0 aliphatic carbocycles. The number of hydrogen-bond acceptors (Lipinski definition) is 1. The average molecular weight is 160 g/mol. The van der Waals surface area contributed by atoms with Gasteiger partial charge in [-0.3, -0.25) is 0 Å². The molecule has 0 saturated carbocycles. The molecule has 58 valence electrons. The lowest BCUT2D eigenvalue weighted by Gasteiger charge is -2.21. The van der Waals surface area contributed by atoms with Crippen molar-refractivity contribution in [2.75, 3.05) is 0 Å². The maximum absolute atomic E-state index is 12.6. The Hall–Kier alpha value is 0.422. The molecule has 0 N–H and O–H groups in total. The molecule has 0 bridgehead atoms. The molecular formula is C7H14AlFO. The number of hydrogen-bond donors (Lipinski definition) is 0. The lowest BCUT2D eigenvalue weighted by Crippen LogP contribution is -2.27. The highest BCUT2D eigenvalue weighted by molar-refractivity contribution is 6.51. The molecule has 0 radical (unpaired) electrons. The van der Waals surface area contributed by atoms with Crippen molar-refractivity contribution in [3.63, 3.8) is 0 Å². The van der Waals surface area contributed by atoms with Gasteiger partial charge in [0.05, 0.1) is 0 Å². The second-order valence-corrected chi connectivity index (χ2v) is 5.56. The molecule has 1 heterocycles. The van der Waals surface area contributed by atoms with Crippen LogP contribution in [0.3, 0.4) is 0 Å². The minimum atomic E-state index is -1.06. The van der Waals surface area contributed by atoms with Crippen LogP contribution in [0.2, 0.25) is 10.6 Å². The molecule has 0 aromatic carbocycles. The monoisotopic (exact) mass is 160 g/mol. The highest BCUT2D eigenvalue weighted by Crippen LogP contribution is 2.20. The summed E-state index contributed by atoms with van der Waals surface area (Å²) in [7, 11) is 0. The van der Waals surface area contributed by atoms with E-state index in [1.165, 1.54) is 5.28 Å². The smallest absolute Gasteiger partial charge is 0.462 e. The number of alkyl halides is 1. The van der Waals surface area contributed by atoms with E-state index in [0.717, 1.165) is 18.1 Å². The first-order valence-corrected chi connectivity index (χ1v) is 6.23. The lowest BCUT2D eigenvalue weighted by molar-refractivity contribution is 0.0431. The molecule has 1 aliphatic heterocycles. The Kier molecular flexibility index (Phi) is 3.69. The van der Waals surface area contributed by atoms with Crippen molar-refractivity contribution in [2.24, 2.45) is 0 Å². The van der Waals surface area contributed by atoms with Gasteiger partial charge in [-0.05, 0) is 6.42 Å². The zero-order valence-electron chi connectivity index (χ0n) is 6.48. The molecule has 1 fully saturated rings. The van der Waals surface area contributed by atoms with Gasteiger partial charge in [0.2, 0.25) is 0 Å². The van der Waals surface area contributed by atoms with E-state index in [1.54, 1.807) is 0 Å². The van der Waals surface area contributed by atoms with Crippen molar-refractivity contribution in [3.8, 4) is 0 Å². The zero-order valence-corrected chi connectivity index (χ0v) is 7.63. The Morgan fingerprint density at radius 1 is 1.70 bits per heavy atom. The first-order valence-electron chi connectivity index (χ1n) is 4.12. The Balaban J connectivity index is 2.18. The third-order valence-electron chi connectivity index (χ3n) is 1.91. The van der Waals surface area contributed by atoms with Crippen molar-refractivity contribution in [2.45, 2.75) is 43.1 Å². The third kappa shape index (κ3) is 2.58. The molecule has 1 rings (SSSR count). The van der Waals surface area contributed by atoms with Gasteiger partial charge in [-0.1, -0.05) is 30.3 Å². The summed E-state index contributed by atoms with van der Waals surface area (Å²) < 4.78 is 17.8. The van der Waals surface area contributed by atoms with Crippen molar-refractivity contribution in [3.05, 3.63) is 0 Å². The summed E-state index contributed by atoms with van der Waals surface area (Å²) in [6.07, 6.45) is 1.92. The highest BCUT2D eigenvalue weighted by atomic mass is 27.2. The van der Waals surface area contributed by atoms with Crippen LogP contribution in [0.15, 0.2) is 0 Å². The second kappa shape index (κ2) is 4.33. The topological polar surface area (TPSA) is 9.23 Å². The largest absolute Gasteiger partial charge is 0.474 e. The lowest BCUT2D eigenvalue weighted by atomic mass is 10.3. The predicted octanol–water partition coefficient (Wildman–Crippen LogP) is 2.49. The highest BCUT2D eigenvalue weighted by Gasteiger charge is 2.27. The molecule has 3 heteroatoms. The normalized spacial score (nSPS) is 27.0. The minimum absolute atomic E-state index is 0.632. The fourth-order valence-corrected chi connectivity index (χ4v) is 3.83. The molecule has 0 spiro atoms. The summed E-state index contributed by atoms with van der Waals surface area (Å²) in [6.45, 7) is 2.14. The van der Waals surface area contributed by atoms with Crippen molar-refractivity contribution >= 4 is 14.5 Å². The Morgan fingerprint density at radius 2 is 2.50 bits per heavy atom. The quantitative estimate of drug-likeness (QED) is 0.564. The van der Waals surface area contributed by atoms with E-state index in [9.17, 15) is 4.39 Å². The Morgan fingerprint density at radius 3 is 3.10 bits per heavy atom. The molecular weight excluding hydrogens is 146 g/mol. The van der Waals surface area contributed by atoms with Gasteiger partial charge >= 0.3 is 14.5 Å². The van der Waals surface area contributed by atoms with Crippen LogP contribution in [0.25, 0.3) is 0 Å². The van der Waals surface area contributed by atoms with E-state index >= 15 is 0 Å². The molecule has 0 aromatic heterocycles. The third-order valence-corrected chi connectivity index (χ3v) is 4.86. The van der Waals surface area contributed by atoms with Gasteiger partial charge in [0.25, 0.3) is 0 Å². The maximum Gasteiger partial charge on any atom is 0.462 e. The van der Waals surface area contributed by atoms with E-state index in [1.807, 2.05) is 0 Å². The Bertz CT molecular complexity index is 97.6. The molecule has 1 nitrogen and oxygen atoms in total. The van der Waals surface area contributed by atoms with Crippen LogP contribution < -0.4 is 0 Å². The second-order valence-electron chi connectivity index (χ2n) is 2.89. The fraction of sp³-hybridized carbons (Fsp3) is 1.00. The molecule has 1 atom stereocenters. The van der Waals surface area contributed by atoms with Gasteiger partial charge in [0.15, 0.2) is 6.36 Å². The van der Waals surface area contributed by atoms with E-state index < -0.39 is 20.8 Å². The standard InChI is InChI=1S/C4H7FO.C3H7.Al/c1-2-3-4(5)6;1-3-2;/h4H,1-3H2;1,3H2,2H3;/q-1;;+1. The van der Waals surface area contributed by atoms with Gasteiger partial charge in [0.1, 0.15) is 0 Å². The maximum atomic E-state index is 12.6. The van der Waals surface area contributed by atoms with Crippen molar-refractivity contribution in [1.82, 2.24) is 0 Å². The van der Waals surface area contributed by atoms with Crippen molar-refractivity contribution < 1.29 is 8.18 Å². The summed E-state index contributed by atoms with van der Waals surface area (Å²) in [5.74, 6) is 0. The summed E-state index contributed by atoms with van der Waals surface area (Å²) in [5, 5.41) is 2.34. The average Bonchev–Trinajstić information content (AvgIpc) is 1.88. The van der Waals surface area contributed by atoms with E-state index in [0.29, 0.717) is 6.42 Å². The van der Waals surface area contributed by atoms with Gasteiger partial charge < -0.3 is 3.79 Å². The first kappa shape index (κ1) is 8.52. The van der Waals surface area contributed by atoms with Gasteiger partial charge in [-0.2, -0.15) is 0 Å². The predicted molar refractivity (Wildman–Crippen MR) is 40.9 cm³/mol. The van der Waals surface area contributed by atoms with Crippen LogP contribution in [0, 0.1) is 0 Å². The Labute approximate surface area is 66.3 Å². The van der Waals surface area contributed by atoms with Crippen LogP contribution in [0.1, 0.15) is 26.2 Å². The summed E-state index contributed by atoms with van der Waals surface area (Å²) in [5.41, 5.74) is 0. The fourth-order valence-electron chi connectivity index (χ4n) is 1.39. The molecule has 0 amide bonds. The summed E-state index contributed by atoms with van der Waals surface area (Å²) >= 11 is -1.06. The van der Waals surface area contributed by atoms with Crippen LogP contribution in [-0.4, -0.2) is 20.8 Å². The number of rotatable bonds is 2. The van der Waals surface area contributed by atoms with E-state index in [4.69, 9.17) is 3.79 Å². The number of halogens is 1. The molecule has 0 aromatic rings. The first-order chi connectivity index (χ1) is 4.83. The van der Waals surface area contributed by atoms with Gasteiger partial charge in [-0.15, -0.1) is 0 Å². The van der Waals surface area contributed by atoms with Crippen LogP contribution in [0.5, 0.6) is 0 Å².